The minimum atomic E-state index is -1.27. The van der Waals surface area contributed by atoms with Crippen molar-refractivity contribution in [1.82, 2.24) is 10.2 Å². The lowest BCUT2D eigenvalue weighted by Crippen LogP contribution is -2.58. The van der Waals surface area contributed by atoms with E-state index in [1.165, 1.54) is 16.7 Å². The van der Waals surface area contributed by atoms with Gasteiger partial charge in [-0.1, -0.05) is 12.1 Å². The van der Waals surface area contributed by atoms with E-state index in [1.807, 2.05) is 44.2 Å². The molecule has 176 valence electrons. The average Bonchev–Trinajstić information content (AvgIpc) is 3.09. The van der Waals surface area contributed by atoms with Crippen molar-refractivity contribution >= 4 is 23.8 Å². The first-order valence-electron chi connectivity index (χ1n) is 10.5. The van der Waals surface area contributed by atoms with E-state index in [4.69, 9.17) is 9.47 Å². The number of thioether (sulfide) groups is 1. The second-order valence-corrected chi connectivity index (χ2v) is 10.9. The molecular formula is C23H32FN3O4S. The Morgan fingerprint density at radius 1 is 1.34 bits per heavy atom. The number of likely N-dealkylation sites (tertiary alicyclic amines) is 1. The first-order valence-corrected chi connectivity index (χ1v) is 11.5. The molecule has 1 aromatic carbocycles. The second kappa shape index (κ2) is 10.4. The Hall–Kier alpha value is -2.47. The molecular weight excluding hydrogens is 433 g/mol. The van der Waals surface area contributed by atoms with E-state index < -0.39 is 40.6 Å². The third kappa shape index (κ3) is 7.02. The minimum Gasteiger partial charge on any atom is -0.497 e. The molecule has 0 radical (unpaired) electrons. The summed E-state index contributed by atoms with van der Waals surface area (Å²) in [6.07, 6.45) is -2.03. The normalized spacial score (nSPS) is 19.8. The van der Waals surface area contributed by atoms with Crippen LogP contribution in [-0.4, -0.2) is 59.2 Å². The summed E-state index contributed by atoms with van der Waals surface area (Å²) in [6.45, 7) is 8.69. The number of rotatable bonds is 7. The van der Waals surface area contributed by atoms with Crippen molar-refractivity contribution in [1.29, 1.82) is 5.26 Å². The Labute approximate surface area is 193 Å². The van der Waals surface area contributed by atoms with E-state index in [9.17, 15) is 19.2 Å². The molecule has 0 bridgehead atoms. The number of amides is 2. The van der Waals surface area contributed by atoms with Gasteiger partial charge in [0.2, 0.25) is 5.91 Å². The standard InChI is InChI=1S/C23H32FN3O4S/c1-22(2,3)31-21(29)26-19(20(28)27-13-16(24)11-17(27)12-25)23(4,5)32-14-15-8-7-9-18(10-15)30-6/h7-10,16-17,19H,11,13-14H2,1-6H3,(H,26,29)/t16-,17-,19+/m0/s1. The molecule has 1 aliphatic rings. The third-order valence-corrected chi connectivity index (χ3v) is 6.49. The van der Waals surface area contributed by atoms with Gasteiger partial charge >= 0.3 is 6.09 Å². The Bertz CT molecular complexity index is 866. The summed E-state index contributed by atoms with van der Waals surface area (Å²) in [5, 5.41) is 12.1. The van der Waals surface area contributed by atoms with E-state index >= 15 is 0 Å². The quantitative estimate of drug-likeness (QED) is 0.653. The van der Waals surface area contributed by atoms with Crippen molar-refractivity contribution < 1.29 is 23.5 Å². The monoisotopic (exact) mass is 465 g/mol. The van der Waals surface area contributed by atoms with Crippen molar-refractivity contribution in [2.24, 2.45) is 0 Å². The van der Waals surface area contributed by atoms with Gasteiger partial charge in [-0.05, 0) is 52.3 Å². The van der Waals surface area contributed by atoms with Crippen LogP contribution in [0.25, 0.3) is 0 Å². The Balaban J connectivity index is 2.25. The van der Waals surface area contributed by atoms with Crippen LogP contribution in [0, 0.1) is 11.3 Å². The molecule has 0 aromatic heterocycles. The van der Waals surface area contributed by atoms with Crippen LogP contribution < -0.4 is 10.1 Å². The van der Waals surface area contributed by atoms with Crippen molar-refractivity contribution in [2.75, 3.05) is 13.7 Å². The fourth-order valence-electron chi connectivity index (χ4n) is 3.39. The van der Waals surface area contributed by atoms with Crippen LogP contribution in [0.3, 0.4) is 0 Å². The molecule has 0 aliphatic carbocycles. The maximum Gasteiger partial charge on any atom is 0.408 e. The number of halogens is 1. The highest BCUT2D eigenvalue weighted by atomic mass is 32.2. The number of alkyl carbamates (subject to hydrolysis) is 1. The number of carbonyl (C=O) groups is 2. The fraction of sp³-hybridized carbons (Fsp3) is 0.609. The fourth-order valence-corrected chi connectivity index (χ4v) is 4.43. The van der Waals surface area contributed by atoms with Crippen molar-refractivity contribution in [3.8, 4) is 11.8 Å². The van der Waals surface area contributed by atoms with Gasteiger partial charge < -0.3 is 19.7 Å². The van der Waals surface area contributed by atoms with Gasteiger partial charge in [0.15, 0.2) is 0 Å². The summed E-state index contributed by atoms with van der Waals surface area (Å²) in [5.41, 5.74) is 0.244. The van der Waals surface area contributed by atoms with Gasteiger partial charge in [-0.2, -0.15) is 5.26 Å². The molecule has 0 saturated carbocycles. The maximum absolute atomic E-state index is 14.0. The zero-order valence-electron chi connectivity index (χ0n) is 19.5. The first-order chi connectivity index (χ1) is 14.9. The number of nitrogens with one attached hydrogen (secondary N) is 1. The Kier molecular flexibility index (Phi) is 8.41. The van der Waals surface area contributed by atoms with Crippen LogP contribution in [-0.2, 0) is 15.3 Å². The van der Waals surface area contributed by atoms with Crippen molar-refractivity contribution in [2.45, 2.75) is 75.4 Å². The number of nitriles is 1. The van der Waals surface area contributed by atoms with Gasteiger partial charge in [0, 0.05) is 16.9 Å². The van der Waals surface area contributed by atoms with Crippen LogP contribution >= 0.6 is 11.8 Å². The van der Waals surface area contributed by atoms with Crippen molar-refractivity contribution in [3.05, 3.63) is 29.8 Å². The van der Waals surface area contributed by atoms with Gasteiger partial charge in [0.1, 0.15) is 29.6 Å². The van der Waals surface area contributed by atoms with Gasteiger partial charge in [-0.15, -0.1) is 11.8 Å². The predicted octanol–water partition coefficient (Wildman–Crippen LogP) is 4.06. The van der Waals surface area contributed by atoms with Gasteiger partial charge in [-0.3, -0.25) is 4.79 Å². The van der Waals surface area contributed by atoms with Crippen molar-refractivity contribution in [3.63, 3.8) is 0 Å². The minimum absolute atomic E-state index is 0.0290. The second-order valence-electron chi connectivity index (χ2n) is 9.29. The molecule has 1 aromatic rings. The zero-order chi connectivity index (χ0) is 24.1. The number of carbonyl (C=O) groups excluding carboxylic acids is 2. The molecule has 9 heteroatoms. The number of hydrogen-bond acceptors (Lipinski definition) is 6. The average molecular weight is 466 g/mol. The number of alkyl halides is 1. The summed E-state index contributed by atoms with van der Waals surface area (Å²) < 4.78 is 23.8. The molecule has 1 N–H and O–H groups in total. The SMILES string of the molecule is COc1cccc(CSC(C)(C)[C@H](NC(=O)OC(C)(C)C)C(=O)N2C[C@@H](F)C[C@H]2C#N)c1. The van der Waals surface area contributed by atoms with Gasteiger partial charge in [0.05, 0.1) is 19.7 Å². The smallest absolute Gasteiger partial charge is 0.408 e. The highest BCUT2D eigenvalue weighted by molar-refractivity contribution is 7.99. The van der Waals surface area contributed by atoms with Crippen LogP contribution in [0.2, 0.25) is 0 Å². The molecule has 7 nitrogen and oxygen atoms in total. The molecule has 1 fully saturated rings. The van der Waals surface area contributed by atoms with E-state index in [2.05, 4.69) is 5.32 Å². The summed E-state index contributed by atoms with van der Waals surface area (Å²) >= 11 is 1.47. The molecule has 3 atom stereocenters. The van der Waals surface area contributed by atoms with E-state index in [0.717, 1.165) is 11.3 Å². The van der Waals surface area contributed by atoms with Crippen LogP contribution in [0.5, 0.6) is 5.75 Å². The Morgan fingerprint density at radius 3 is 2.62 bits per heavy atom. The predicted molar refractivity (Wildman–Crippen MR) is 122 cm³/mol. The number of ether oxygens (including phenoxy) is 2. The Morgan fingerprint density at radius 2 is 2.03 bits per heavy atom. The van der Waals surface area contributed by atoms with Gasteiger partial charge in [0.25, 0.3) is 0 Å². The lowest BCUT2D eigenvalue weighted by atomic mass is 10.0. The highest BCUT2D eigenvalue weighted by Gasteiger charge is 2.45. The molecule has 32 heavy (non-hydrogen) atoms. The number of nitrogens with zero attached hydrogens (tertiary/aromatic N) is 2. The summed E-state index contributed by atoms with van der Waals surface area (Å²) in [7, 11) is 1.59. The lowest BCUT2D eigenvalue weighted by Gasteiger charge is -2.36. The van der Waals surface area contributed by atoms with Crippen LogP contribution in [0.15, 0.2) is 24.3 Å². The van der Waals surface area contributed by atoms with E-state index in [1.54, 1.807) is 27.9 Å². The third-order valence-electron chi connectivity index (χ3n) is 5.03. The molecule has 0 spiro atoms. The molecule has 2 rings (SSSR count). The maximum atomic E-state index is 14.0. The topological polar surface area (TPSA) is 91.7 Å². The van der Waals surface area contributed by atoms with E-state index in [0.29, 0.717) is 5.75 Å². The summed E-state index contributed by atoms with van der Waals surface area (Å²) in [4.78, 5) is 27.2. The summed E-state index contributed by atoms with van der Waals surface area (Å²) in [6, 6.07) is 7.69. The largest absolute Gasteiger partial charge is 0.497 e. The van der Waals surface area contributed by atoms with Gasteiger partial charge in [-0.25, -0.2) is 9.18 Å². The number of methoxy groups -OCH3 is 1. The first kappa shape index (κ1) is 25.8. The molecule has 1 saturated heterocycles. The highest BCUT2D eigenvalue weighted by Crippen LogP contribution is 2.34. The number of benzene rings is 1. The van der Waals surface area contributed by atoms with E-state index in [-0.39, 0.29) is 13.0 Å². The number of hydrogen-bond donors (Lipinski definition) is 1. The molecule has 1 heterocycles. The summed E-state index contributed by atoms with van der Waals surface area (Å²) in [5.74, 6) is 0.784. The molecule has 1 aliphatic heterocycles. The zero-order valence-corrected chi connectivity index (χ0v) is 20.3. The molecule has 2 amide bonds. The molecule has 0 unspecified atom stereocenters. The lowest BCUT2D eigenvalue weighted by molar-refractivity contribution is -0.134. The van der Waals surface area contributed by atoms with Crippen LogP contribution in [0.1, 0.15) is 46.6 Å². The van der Waals surface area contributed by atoms with Crippen LogP contribution in [0.4, 0.5) is 9.18 Å².